The van der Waals surface area contributed by atoms with E-state index in [4.69, 9.17) is 0 Å². The molecule has 0 aliphatic carbocycles. The molecule has 7 nitrogen and oxygen atoms in total. The molecule has 0 unspecified atom stereocenters. The molecule has 5 rings (SSSR count). The molecule has 0 atom stereocenters. The van der Waals surface area contributed by atoms with Crippen LogP contribution >= 0.6 is 0 Å². The predicted molar refractivity (Wildman–Crippen MR) is 129 cm³/mol. The third-order valence-corrected chi connectivity index (χ3v) is 6.99. The van der Waals surface area contributed by atoms with Crippen LogP contribution in [0.3, 0.4) is 0 Å². The second-order valence-corrected chi connectivity index (χ2v) is 9.09. The van der Waals surface area contributed by atoms with Gasteiger partial charge in [0.2, 0.25) is 0 Å². The second-order valence-electron chi connectivity index (χ2n) is 9.09. The molecule has 3 amide bonds. The molecule has 2 aliphatic heterocycles. The molecule has 2 aromatic heterocycles. The number of pyridine rings is 2. The molecule has 3 aromatic rings. The fourth-order valence-electron chi connectivity index (χ4n) is 5.10. The SMILES string of the molecule is O=C1N(Cc2cccnc2)C(=O)C2(CCN(Cc3ccncc3)CC2)N1CCc1ccccc1. The van der Waals surface area contributed by atoms with Crippen molar-refractivity contribution < 1.29 is 9.59 Å². The summed E-state index contributed by atoms with van der Waals surface area (Å²) < 4.78 is 0. The van der Waals surface area contributed by atoms with Crippen LogP contribution in [0.15, 0.2) is 79.4 Å². The van der Waals surface area contributed by atoms with Crippen LogP contribution < -0.4 is 0 Å². The van der Waals surface area contributed by atoms with Crippen molar-refractivity contribution in [1.82, 2.24) is 24.7 Å². The molecule has 0 bridgehead atoms. The molecule has 7 heteroatoms. The summed E-state index contributed by atoms with van der Waals surface area (Å²) in [4.78, 5) is 41.3. The van der Waals surface area contributed by atoms with E-state index in [1.54, 1.807) is 12.4 Å². The Labute approximate surface area is 200 Å². The largest absolute Gasteiger partial charge is 0.328 e. The Bertz CT molecular complexity index is 1120. The van der Waals surface area contributed by atoms with E-state index in [1.165, 1.54) is 16.0 Å². The number of carbonyl (C=O) groups is 2. The summed E-state index contributed by atoms with van der Waals surface area (Å²) in [6.45, 7) is 3.15. The Morgan fingerprint density at radius 2 is 1.50 bits per heavy atom. The maximum atomic E-state index is 13.8. The van der Waals surface area contributed by atoms with Crippen molar-refractivity contribution in [2.45, 2.75) is 37.9 Å². The van der Waals surface area contributed by atoms with E-state index >= 15 is 0 Å². The Morgan fingerprint density at radius 1 is 0.765 bits per heavy atom. The number of urea groups is 1. The van der Waals surface area contributed by atoms with Crippen LogP contribution in [0, 0.1) is 0 Å². The number of amides is 3. The van der Waals surface area contributed by atoms with Crippen molar-refractivity contribution >= 4 is 11.9 Å². The number of rotatable bonds is 7. The van der Waals surface area contributed by atoms with Crippen molar-refractivity contribution in [2.75, 3.05) is 19.6 Å². The summed E-state index contributed by atoms with van der Waals surface area (Å²) in [6, 6.07) is 17.7. The van der Waals surface area contributed by atoms with Crippen LogP contribution in [0.2, 0.25) is 0 Å². The van der Waals surface area contributed by atoms with Gasteiger partial charge in [-0.3, -0.25) is 24.6 Å². The summed E-state index contributed by atoms with van der Waals surface area (Å²) in [5.41, 5.74) is 2.46. The first kappa shape index (κ1) is 22.2. The standard InChI is InChI=1S/C27H29N5O2/c33-25-27(11-17-30(18-12-27)20-23-8-14-28-15-9-23)32(16-10-22-5-2-1-3-6-22)26(34)31(25)21-24-7-4-13-29-19-24/h1-9,13-15,19H,10-12,16-18,20-21H2. The van der Waals surface area contributed by atoms with Gasteiger partial charge < -0.3 is 4.90 Å². The van der Waals surface area contributed by atoms with Gasteiger partial charge in [0.15, 0.2) is 0 Å². The first-order valence-corrected chi connectivity index (χ1v) is 11.8. The van der Waals surface area contributed by atoms with E-state index in [9.17, 15) is 9.59 Å². The van der Waals surface area contributed by atoms with Crippen LogP contribution in [0.4, 0.5) is 4.79 Å². The van der Waals surface area contributed by atoms with Gasteiger partial charge in [-0.25, -0.2) is 4.79 Å². The first-order chi connectivity index (χ1) is 16.7. The minimum absolute atomic E-state index is 0.0713. The monoisotopic (exact) mass is 455 g/mol. The van der Waals surface area contributed by atoms with Gasteiger partial charge in [-0.2, -0.15) is 0 Å². The van der Waals surface area contributed by atoms with Gasteiger partial charge >= 0.3 is 6.03 Å². The van der Waals surface area contributed by atoms with Crippen molar-refractivity contribution in [3.63, 3.8) is 0 Å². The fraction of sp³-hybridized carbons (Fsp3) is 0.333. The zero-order valence-electron chi connectivity index (χ0n) is 19.2. The van der Waals surface area contributed by atoms with Gasteiger partial charge in [0.05, 0.1) is 6.54 Å². The Hall–Kier alpha value is -3.58. The normalized spacial score (nSPS) is 18.1. The zero-order chi connectivity index (χ0) is 23.4. The number of aromatic nitrogens is 2. The van der Waals surface area contributed by atoms with Crippen LogP contribution in [0.5, 0.6) is 0 Å². The minimum atomic E-state index is -0.775. The summed E-state index contributed by atoms with van der Waals surface area (Å²) in [5.74, 6) is -0.0713. The summed E-state index contributed by atoms with van der Waals surface area (Å²) in [7, 11) is 0. The number of hydrogen-bond acceptors (Lipinski definition) is 5. The molecule has 1 aromatic carbocycles. The fourth-order valence-corrected chi connectivity index (χ4v) is 5.10. The van der Waals surface area contributed by atoms with Gasteiger partial charge in [-0.15, -0.1) is 0 Å². The zero-order valence-corrected chi connectivity index (χ0v) is 19.2. The average Bonchev–Trinajstić information content (AvgIpc) is 3.07. The Kier molecular flexibility index (Phi) is 6.36. The van der Waals surface area contributed by atoms with E-state index < -0.39 is 5.54 Å². The van der Waals surface area contributed by atoms with Crippen molar-refractivity contribution in [1.29, 1.82) is 0 Å². The first-order valence-electron chi connectivity index (χ1n) is 11.8. The van der Waals surface area contributed by atoms with E-state index in [0.717, 1.165) is 31.6 Å². The lowest BCUT2D eigenvalue weighted by molar-refractivity contribution is -0.136. The Morgan fingerprint density at radius 3 is 2.21 bits per heavy atom. The van der Waals surface area contributed by atoms with E-state index in [-0.39, 0.29) is 18.5 Å². The topological polar surface area (TPSA) is 69.6 Å². The van der Waals surface area contributed by atoms with Gasteiger partial charge in [0.1, 0.15) is 5.54 Å². The Balaban J connectivity index is 1.35. The lowest BCUT2D eigenvalue weighted by Gasteiger charge is -2.42. The van der Waals surface area contributed by atoms with Gasteiger partial charge in [0, 0.05) is 51.0 Å². The maximum absolute atomic E-state index is 13.8. The van der Waals surface area contributed by atoms with E-state index in [2.05, 4.69) is 27.0 Å². The molecule has 4 heterocycles. The lowest BCUT2D eigenvalue weighted by Crippen LogP contribution is -2.56. The number of piperidine rings is 1. The van der Waals surface area contributed by atoms with Crippen molar-refractivity contribution in [2.24, 2.45) is 0 Å². The number of likely N-dealkylation sites (tertiary alicyclic amines) is 1. The third kappa shape index (κ3) is 4.43. The molecular formula is C27H29N5O2. The highest BCUT2D eigenvalue weighted by Crippen LogP contribution is 2.38. The summed E-state index contributed by atoms with van der Waals surface area (Å²) >= 11 is 0. The molecule has 2 aliphatic rings. The number of nitrogens with zero attached hydrogens (tertiary/aromatic N) is 5. The molecule has 2 fully saturated rings. The van der Waals surface area contributed by atoms with E-state index in [0.29, 0.717) is 19.4 Å². The summed E-state index contributed by atoms with van der Waals surface area (Å²) in [6.07, 6.45) is 9.04. The maximum Gasteiger partial charge on any atom is 0.328 e. The second kappa shape index (κ2) is 9.73. The molecule has 0 N–H and O–H groups in total. The highest BCUT2D eigenvalue weighted by Gasteiger charge is 2.57. The lowest BCUT2D eigenvalue weighted by atomic mass is 9.85. The highest BCUT2D eigenvalue weighted by molar-refractivity contribution is 6.07. The molecule has 0 radical (unpaired) electrons. The molecule has 34 heavy (non-hydrogen) atoms. The average molecular weight is 456 g/mol. The quantitative estimate of drug-likeness (QED) is 0.510. The van der Waals surface area contributed by atoms with Crippen molar-refractivity contribution in [3.8, 4) is 0 Å². The van der Waals surface area contributed by atoms with Crippen LogP contribution in [0.25, 0.3) is 0 Å². The van der Waals surface area contributed by atoms with Crippen LogP contribution in [-0.2, 0) is 24.3 Å². The molecule has 174 valence electrons. The molecule has 0 saturated carbocycles. The third-order valence-electron chi connectivity index (χ3n) is 6.99. The van der Waals surface area contributed by atoms with Gasteiger partial charge in [-0.05, 0) is 54.2 Å². The highest BCUT2D eigenvalue weighted by atomic mass is 16.2. The van der Waals surface area contributed by atoms with E-state index in [1.807, 2.05) is 59.8 Å². The predicted octanol–water partition coefficient (Wildman–Crippen LogP) is 3.52. The molecular weight excluding hydrogens is 426 g/mol. The van der Waals surface area contributed by atoms with Crippen LogP contribution in [-0.4, -0.2) is 61.8 Å². The number of imide groups is 1. The number of carbonyl (C=O) groups excluding carboxylic acids is 2. The number of hydrogen-bond donors (Lipinski definition) is 0. The summed E-state index contributed by atoms with van der Waals surface area (Å²) in [5, 5.41) is 0. The molecule has 1 spiro atoms. The minimum Gasteiger partial charge on any atom is -0.309 e. The van der Waals surface area contributed by atoms with Crippen molar-refractivity contribution in [3.05, 3.63) is 96.1 Å². The van der Waals surface area contributed by atoms with Crippen LogP contribution in [0.1, 0.15) is 29.5 Å². The smallest absolute Gasteiger partial charge is 0.309 e. The number of benzene rings is 1. The van der Waals surface area contributed by atoms with Gasteiger partial charge in [-0.1, -0.05) is 36.4 Å². The molecule has 2 saturated heterocycles. The van der Waals surface area contributed by atoms with Gasteiger partial charge in [0.25, 0.3) is 5.91 Å².